The molecule has 0 spiro atoms. The van der Waals surface area contributed by atoms with Gasteiger partial charge in [-0.25, -0.2) is 0 Å². The fraction of sp³-hybridized carbons (Fsp3) is 0.750. The lowest BCUT2D eigenvalue weighted by atomic mass is 9.77. The normalized spacial score (nSPS) is 18.9. The van der Waals surface area contributed by atoms with Crippen LogP contribution in [0.4, 0.5) is 12.0 Å². The summed E-state index contributed by atoms with van der Waals surface area (Å²) in [7, 11) is 1.68. The van der Waals surface area contributed by atoms with Crippen LogP contribution in [0.2, 0.25) is 0 Å². The van der Waals surface area contributed by atoms with Crippen LogP contribution in [-0.2, 0) is 4.74 Å². The van der Waals surface area contributed by atoms with Crippen molar-refractivity contribution in [2.75, 3.05) is 24.8 Å². The summed E-state index contributed by atoms with van der Waals surface area (Å²) in [5, 5.41) is 10.5. The van der Waals surface area contributed by atoms with Gasteiger partial charge in [0.25, 0.3) is 0 Å². The largest absolute Gasteiger partial charge is 0.390 e. The van der Waals surface area contributed by atoms with E-state index < -0.39 is 0 Å². The summed E-state index contributed by atoms with van der Waals surface area (Å²) < 4.78 is 10.2. The van der Waals surface area contributed by atoms with Crippen LogP contribution in [0.15, 0.2) is 4.42 Å². The molecular formula is C8H14N4O2. The summed E-state index contributed by atoms with van der Waals surface area (Å²) >= 11 is 0. The number of hydrogen-bond acceptors (Lipinski definition) is 6. The van der Waals surface area contributed by atoms with Crippen LogP contribution in [0.1, 0.15) is 19.3 Å². The van der Waals surface area contributed by atoms with Gasteiger partial charge in [-0.05, 0) is 19.3 Å². The van der Waals surface area contributed by atoms with E-state index in [1.54, 1.807) is 7.11 Å². The van der Waals surface area contributed by atoms with Gasteiger partial charge < -0.3 is 20.2 Å². The van der Waals surface area contributed by atoms with E-state index in [9.17, 15) is 0 Å². The molecule has 0 aromatic carbocycles. The number of methoxy groups -OCH3 is 1. The Labute approximate surface area is 81.8 Å². The van der Waals surface area contributed by atoms with Gasteiger partial charge in [-0.2, -0.15) is 0 Å². The van der Waals surface area contributed by atoms with Gasteiger partial charge in [0.15, 0.2) is 0 Å². The van der Waals surface area contributed by atoms with Gasteiger partial charge in [0, 0.05) is 7.11 Å². The number of rotatable bonds is 4. The second kappa shape index (κ2) is 3.45. The highest BCUT2D eigenvalue weighted by molar-refractivity contribution is 5.29. The number of anilines is 2. The Balaban J connectivity index is 2.01. The fourth-order valence-electron chi connectivity index (χ4n) is 1.70. The molecule has 0 aliphatic heterocycles. The van der Waals surface area contributed by atoms with Gasteiger partial charge in [-0.15, -0.1) is 0 Å². The third-order valence-corrected chi connectivity index (χ3v) is 2.54. The summed E-state index contributed by atoms with van der Waals surface area (Å²) in [6.45, 7) is 0.648. The molecule has 1 aromatic rings. The molecule has 14 heavy (non-hydrogen) atoms. The van der Waals surface area contributed by atoms with Crippen molar-refractivity contribution in [2.45, 2.75) is 24.8 Å². The van der Waals surface area contributed by atoms with Crippen molar-refractivity contribution in [3.05, 3.63) is 0 Å². The second-order valence-electron chi connectivity index (χ2n) is 3.64. The number of aromatic nitrogens is 2. The third-order valence-electron chi connectivity index (χ3n) is 2.54. The first kappa shape index (κ1) is 9.26. The van der Waals surface area contributed by atoms with Crippen LogP contribution in [0.25, 0.3) is 0 Å². The van der Waals surface area contributed by atoms with Gasteiger partial charge in [0.05, 0.1) is 12.1 Å². The smallest absolute Gasteiger partial charge is 0.317 e. The minimum Gasteiger partial charge on any atom is -0.390 e. The summed E-state index contributed by atoms with van der Waals surface area (Å²) in [4.78, 5) is 0. The van der Waals surface area contributed by atoms with Crippen LogP contribution >= 0.6 is 0 Å². The predicted octanol–water partition coefficient (Wildman–Crippen LogP) is 0.633. The molecule has 1 aromatic heterocycles. The van der Waals surface area contributed by atoms with Crippen molar-refractivity contribution in [1.29, 1.82) is 0 Å². The van der Waals surface area contributed by atoms with Crippen molar-refractivity contribution >= 4 is 12.0 Å². The average Bonchev–Trinajstić information content (AvgIpc) is 2.48. The minimum absolute atomic E-state index is 0.0340. The number of hydrogen-bond donors (Lipinski definition) is 2. The lowest BCUT2D eigenvalue weighted by Gasteiger charge is -2.41. The molecule has 1 aliphatic carbocycles. The Bertz CT molecular complexity index is 308. The topological polar surface area (TPSA) is 86.2 Å². The molecule has 0 bridgehead atoms. The van der Waals surface area contributed by atoms with E-state index in [1.807, 2.05) is 0 Å². The molecule has 6 nitrogen and oxygen atoms in total. The number of nitrogens with zero attached hydrogens (tertiary/aromatic N) is 2. The summed E-state index contributed by atoms with van der Waals surface area (Å²) in [6.07, 6.45) is 3.31. The predicted molar refractivity (Wildman–Crippen MR) is 50.8 cm³/mol. The van der Waals surface area contributed by atoms with E-state index in [-0.39, 0.29) is 11.6 Å². The molecule has 1 heterocycles. The quantitative estimate of drug-likeness (QED) is 0.738. The summed E-state index contributed by atoms with van der Waals surface area (Å²) in [6, 6.07) is 0.457. The Morgan fingerprint density at radius 1 is 1.57 bits per heavy atom. The van der Waals surface area contributed by atoms with Crippen LogP contribution in [-0.4, -0.2) is 29.5 Å². The van der Waals surface area contributed by atoms with E-state index in [4.69, 9.17) is 14.9 Å². The monoisotopic (exact) mass is 198 g/mol. The SMILES string of the molecule is COCC1(Nc2nnc(N)o2)CCC1. The Hall–Kier alpha value is -1.30. The van der Waals surface area contributed by atoms with Crippen LogP contribution in [0, 0.1) is 0 Å². The van der Waals surface area contributed by atoms with Crippen molar-refractivity contribution < 1.29 is 9.15 Å². The van der Waals surface area contributed by atoms with E-state index in [1.165, 1.54) is 6.42 Å². The zero-order valence-corrected chi connectivity index (χ0v) is 8.12. The van der Waals surface area contributed by atoms with Crippen molar-refractivity contribution in [2.24, 2.45) is 0 Å². The maximum atomic E-state index is 5.32. The molecule has 78 valence electrons. The maximum Gasteiger partial charge on any atom is 0.317 e. The highest BCUT2D eigenvalue weighted by Gasteiger charge is 2.38. The van der Waals surface area contributed by atoms with E-state index in [0.29, 0.717) is 12.6 Å². The molecule has 2 rings (SSSR count). The minimum atomic E-state index is -0.0340. The van der Waals surface area contributed by atoms with Crippen LogP contribution in [0.3, 0.4) is 0 Å². The zero-order chi connectivity index (χ0) is 10.0. The highest BCUT2D eigenvalue weighted by atomic mass is 16.5. The fourth-order valence-corrected chi connectivity index (χ4v) is 1.70. The lowest BCUT2D eigenvalue weighted by molar-refractivity contribution is 0.0966. The second-order valence-corrected chi connectivity index (χ2v) is 3.64. The van der Waals surface area contributed by atoms with Gasteiger partial charge in [-0.1, -0.05) is 10.2 Å². The van der Waals surface area contributed by atoms with Gasteiger partial charge >= 0.3 is 12.0 Å². The number of ether oxygens (including phenoxy) is 1. The molecule has 3 N–H and O–H groups in total. The van der Waals surface area contributed by atoms with Crippen molar-refractivity contribution in [1.82, 2.24) is 10.2 Å². The first-order chi connectivity index (χ1) is 6.74. The van der Waals surface area contributed by atoms with Crippen LogP contribution < -0.4 is 11.1 Å². The standard InChI is InChI=1S/C8H14N4O2/c1-13-5-8(3-2-4-8)10-7-12-11-6(9)14-7/h2-5H2,1H3,(H2,9,11)(H,10,12). The number of nitrogens with two attached hydrogens (primary N) is 1. The average molecular weight is 198 g/mol. The molecular weight excluding hydrogens is 184 g/mol. The third kappa shape index (κ3) is 1.65. The van der Waals surface area contributed by atoms with Crippen LogP contribution in [0.5, 0.6) is 0 Å². The van der Waals surface area contributed by atoms with Gasteiger partial charge in [0.1, 0.15) is 0 Å². The lowest BCUT2D eigenvalue weighted by Crippen LogP contribution is -2.49. The molecule has 1 saturated carbocycles. The molecule has 0 amide bonds. The Morgan fingerprint density at radius 3 is 2.79 bits per heavy atom. The van der Waals surface area contributed by atoms with Gasteiger partial charge in [0.2, 0.25) is 0 Å². The van der Waals surface area contributed by atoms with E-state index in [2.05, 4.69) is 15.5 Å². The Kier molecular flexibility index (Phi) is 2.28. The van der Waals surface area contributed by atoms with E-state index >= 15 is 0 Å². The first-order valence-corrected chi connectivity index (χ1v) is 4.60. The first-order valence-electron chi connectivity index (χ1n) is 4.60. The van der Waals surface area contributed by atoms with Crippen molar-refractivity contribution in [3.8, 4) is 0 Å². The molecule has 1 aliphatic rings. The molecule has 0 atom stereocenters. The molecule has 6 heteroatoms. The Morgan fingerprint density at radius 2 is 2.36 bits per heavy atom. The molecule has 0 saturated heterocycles. The van der Waals surface area contributed by atoms with Crippen molar-refractivity contribution in [3.63, 3.8) is 0 Å². The highest BCUT2D eigenvalue weighted by Crippen LogP contribution is 2.35. The zero-order valence-electron chi connectivity index (χ0n) is 8.12. The molecule has 1 fully saturated rings. The summed E-state index contributed by atoms with van der Waals surface area (Å²) in [5.74, 6) is 0. The number of nitrogens with one attached hydrogen (secondary N) is 1. The maximum absolute atomic E-state index is 5.32. The molecule has 0 unspecified atom stereocenters. The summed E-state index contributed by atoms with van der Waals surface area (Å²) in [5.41, 5.74) is 5.29. The van der Waals surface area contributed by atoms with E-state index in [0.717, 1.165) is 12.8 Å². The number of nitrogen functional groups attached to an aromatic ring is 1. The van der Waals surface area contributed by atoms with Gasteiger partial charge in [-0.3, -0.25) is 0 Å². The molecule has 0 radical (unpaired) electrons.